The minimum absolute atomic E-state index is 0.290. The Kier molecular flexibility index (Phi) is 21.7. The Morgan fingerprint density at radius 2 is 1.06 bits per heavy atom. The van der Waals surface area contributed by atoms with Gasteiger partial charge in [-0.05, 0) is 75.3 Å². The summed E-state index contributed by atoms with van der Waals surface area (Å²) in [7, 11) is -6.49. The van der Waals surface area contributed by atoms with Gasteiger partial charge in [-0.1, -0.05) is 54.6 Å². The number of carbonyl (C=O) groups excluding carboxylic acids is 2. The van der Waals surface area contributed by atoms with Crippen molar-refractivity contribution in [3.8, 4) is 17.2 Å². The van der Waals surface area contributed by atoms with Gasteiger partial charge in [0.1, 0.15) is 29.3 Å². The highest BCUT2D eigenvalue weighted by Crippen LogP contribution is 2.48. The number of hydrogen-bond donors (Lipinski definition) is 3. The summed E-state index contributed by atoms with van der Waals surface area (Å²) in [5.41, 5.74) is 5.15. The quantitative estimate of drug-likeness (QED) is 0.123. The Balaban J connectivity index is 0.000000644. The van der Waals surface area contributed by atoms with Crippen LogP contribution in [0.25, 0.3) is 0 Å². The van der Waals surface area contributed by atoms with Crippen LogP contribution in [0, 0.1) is 0 Å². The van der Waals surface area contributed by atoms with E-state index in [1.165, 1.54) is 13.3 Å². The van der Waals surface area contributed by atoms with E-state index < -0.39 is 39.9 Å². The molecule has 5 atom stereocenters. The van der Waals surface area contributed by atoms with Gasteiger partial charge in [-0.2, -0.15) is 0 Å². The maximum Gasteiger partial charge on any atom is 0.373 e. The number of hydrogen-bond acceptors (Lipinski definition) is 11. The maximum absolute atomic E-state index is 12.2. The minimum Gasteiger partial charge on any atom is -0.465 e. The van der Waals surface area contributed by atoms with Crippen molar-refractivity contribution in [2.24, 2.45) is 5.73 Å². The van der Waals surface area contributed by atoms with E-state index in [0.717, 1.165) is 6.66 Å². The van der Waals surface area contributed by atoms with Gasteiger partial charge in [-0.15, -0.1) is 0 Å². The molecule has 0 heterocycles. The molecule has 0 amide bonds. The summed E-state index contributed by atoms with van der Waals surface area (Å²) >= 11 is 5.40. The SMILES string of the molecule is CCOC(=O)C(C)N.CCOC(=O)C(C)NP(C)(=O)Oc1ccccc1.CP(=O)(Cl)Oc1ccccc1.CP(=O)(O)Oc1ccccc1. The number of esters is 2. The molecule has 0 aliphatic heterocycles. The van der Waals surface area contributed by atoms with Gasteiger partial charge in [0.15, 0.2) is 0 Å². The maximum atomic E-state index is 12.2. The first-order valence-corrected chi connectivity index (χ1v) is 21.6. The first-order chi connectivity index (χ1) is 22.3. The second kappa shape index (κ2) is 23.3. The Hall–Kier alpha value is -3.14. The number of halogens is 1. The zero-order valence-corrected chi connectivity index (χ0v) is 31.5. The van der Waals surface area contributed by atoms with Crippen LogP contribution >= 0.6 is 33.1 Å². The second-order valence-corrected chi connectivity index (χ2v) is 17.2. The molecule has 3 aromatic rings. The monoisotopic (exact) mass is 750 g/mol. The molecule has 13 nitrogen and oxygen atoms in total. The summed E-state index contributed by atoms with van der Waals surface area (Å²) in [6.07, 6.45) is 0. The fourth-order valence-electron chi connectivity index (χ4n) is 3.00. The number of benzene rings is 3. The summed E-state index contributed by atoms with van der Waals surface area (Å²) in [5, 5.41) is 2.65. The van der Waals surface area contributed by atoms with E-state index in [0.29, 0.717) is 30.5 Å². The standard InChI is InChI=1S/C12H18NO4P.C7H8ClO2P.C7H9O3P.C5H11NO2/c1-4-16-12(14)10(2)13-18(3,15)17-11-8-6-5-7-9-11;2*1-11(8,9)10-7-5-3-2-4-6-7;1-3-8-5(7)4(2)6/h5-10H,4H2,1-3H3,(H,13,15);2-6H,1H3;2-6H,1H3,(H,8,9);4H,3,6H2,1-2H3. The molecule has 0 fully saturated rings. The third kappa shape index (κ3) is 25.0. The Morgan fingerprint density at radius 3 is 1.38 bits per heavy atom. The van der Waals surface area contributed by atoms with E-state index in [9.17, 15) is 23.3 Å². The molecule has 17 heteroatoms. The fourth-order valence-corrected chi connectivity index (χ4v) is 5.64. The lowest BCUT2D eigenvalue weighted by molar-refractivity contribution is -0.145. The molecule has 5 unspecified atom stereocenters. The summed E-state index contributed by atoms with van der Waals surface area (Å²) in [5.74, 6) is 0.657. The van der Waals surface area contributed by atoms with Crippen molar-refractivity contribution in [1.29, 1.82) is 0 Å². The van der Waals surface area contributed by atoms with Crippen molar-refractivity contribution >= 4 is 45.0 Å². The third-order valence-electron chi connectivity index (χ3n) is 4.78. The molecule has 268 valence electrons. The number of rotatable bonds is 12. The first-order valence-electron chi connectivity index (χ1n) is 14.5. The van der Waals surface area contributed by atoms with Gasteiger partial charge >= 0.3 is 33.8 Å². The molecule has 0 bridgehead atoms. The highest BCUT2D eigenvalue weighted by Gasteiger charge is 2.25. The van der Waals surface area contributed by atoms with Crippen LogP contribution in [0.2, 0.25) is 0 Å². The molecule has 0 aliphatic rings. The van der Waals surface area contributed by atoms with Crippen LogP contribution in [0.3, 0.4) is 0 Å². The van der Waals surface area contributed by atoms with Crippen molar-refractivity contribution in [2.45, 2.75) is 39.8 Å². The van der Waals surface area contributed by atoms with Crippen molar-refractivity contribution in [2.75, 3.05) is 33.2 Å². The lowest BCUT2D eigenvalue weighted by Crippen LogP contribution is -2.34. The zero-order valence-electron chi connectivity index (χ0n) is 28.1. The fraction of sp³-hybridized carbons (Fsp3) is 0.355. The average molecular weight is 751 g/mol. The molecule has 3 rings (SSSR count). The van der Waals surface area contributed by atoms with E-state index >= 15 is 0 Å². The van der Waals surface area contributed by atoms with E-state index in [1.54, 1.807) is 100 Å². The van der Waals surface area contributed by atoms with Crippen molar-refractivity contribution < 1.29 is 51.2 Å². The predicted molar refractivity (Wildman–Crippen MR) is 189 cm³/mol. The minimum atomic E-state index is -3.39. The molecule has 4 N–H and O–H groups in total. The van der Waals surface area contributed by atoms with Crippen LogP contribution in [0.15, 0.2) is 91.0 Å². The topological polar surface area (TPSA) is 190 Å². The predicted octanol–water partition coefficient (Wildman–Crippen LogP) is 7.33. The molecule has 0 saturated heterocycles. The summed E-state index contributed by atoms with van der Waals surface area (Å²) in [4.78, 5) is 30.6. The Bertz CT molecular complexity index is 1410. The summed E-state index contributed by atoms with van der Waals surface area (Å²) < 4.78 is 58.1. The van der Waals surface area contributed by atoms with Gasteiger partial charge in [0.2, 0.25) is 0 Å². The number of para-hydroxylation sites is 3. The molecular weight excluding hydrogens is 705 g/mol. The lowest BCUT2D eigenvalue weighted by Gasteiger charge is -2.20. The van der Waals surface area contributed by atoms with Crippen molar-refractivity contribution in [1.82, 2.24) is 5.09 Å². The molecule has 0 radical (unpaired) electrons. The summed E-state index contributed by atoms with van der Waals surface area (Å²) in [6, 6.07) is 25.0. The van der Waals surface area contributed by atoms with E-state index in [-0.39, 0.29) is 5.97 Å². The van der Waals surface area contributed by atoms with Gasteiger partial charge < -0.3 is 33.7 Å². The van der Waals surface area contributed by atoms with E-state index in [2.05, 4.69) is 9.82 Å². The number of ether oxygens (including phenoxy) is 2. The smallest absolute Gasteiger partial charge is 0.373 e. The molecule has 0 saturated carbocycles. The van der Waals surface area contributed by atoms with Crippen molar-refractivity contribution in [3.63, 3.8) is 0 Å². The van der Waals surface area contributed by atoms with Crippen LogP contribution < -0.4 is 24.4 Å². The average Bonchev–Trinajstić information content (AvgIpc) is 2.98. The molecule has 0 spiro atoms. The van der Waals surface area contributed by atoms with Crippen LogP contribution in [-0.4, -0.2) is 62.1 Å². The van der Waals surface area contributed by atoms with Crippen LogP contribution in [0.4, 0.5) is 0 Å². The van der Waals surface area contributed by atoms with E-state index in [1.807, 2.05) is 18.2 Å². The van der Waals surface area contributed by atoms with Gasteiger partial charge in [0.25, 0.3) is 0 Å². The van der Waals surface area contributed by atoms with Crippen LogP contribution in [0.1, 0.15) is 27.7 Å². The largest absolute Gasteiger partial charge is 0.465 e. The number of carbonyl (C=O) groups is 2. The highest BCUT2D eigenvalue weighted by molar-refractivity contribution is 7.85. The second-order valence-electron chi connectivity index (χ2n) is 9.75. The molecule has 48 heavy (non-hydrogen) atoms. The first kappa shape index (κ1) is 44.9. The molecule has 0 aromatic heterocycles. The van der Waals surface area contributed by atoms with Gasteiger partial charge in [0.05, 0.1) is 13.2 Å². The third-order valence-corrected chi connectivity index (χ3v) is 7.49. The molecular formula is C31H46ClN2O11P3. The normalized spacial score (nSPS) is 15.0. The lowest BCUT2D eigenvalue weighted by atomic mass is 10.3. The van der Waals surface area contributed by atoms with Gasteiger partial charge in [-0.3, -0.25) is 18.7 Å². The zero-order chi connectivity index (χ0) is 36.8. The number of nitrogens with two attached hydrogens (primary N) is 1. The van der Waals surface area contributed by atoms with Gasteiger partial charge in [0, 0.05) is 20.0 Å². The number of nitrogens with one attached hydrogen (secondary N) is 1. The Labute approximate surface area is 287 Å². The van der Waals surface area contributed by atoms with Gasteiger partial charge in [-0.25, -0.2) is 9.65 Å². The van der Waals surface area contributed by atoms with Crippen LogP contribution in [0.5, 0.6) is 17.2 Å². The van der Waals surface area contributed by atoms with Crippen LogP contribution in [-0.2, 0) is 32.8 Å². The molecule has 3 aromatic carbocycles. The van der Waals surface area contributed by atoms with Crippen molar-refractivity contribution in [3.05, 3.63) is 91.0 Å². The highest BCUT2D eigenvalue weighted by atomic mass is 35.7. The van der Waals surface area contributed by atoms with E-state index in [4.69, 9.17) is 40.2 Å². The summed E-state index contributed by atoms with van der Waals surface area (Å²) in [6.45, 7) is 8.37. The Morgan fingerprint density at radius 1 is 0.708 bits per heavy atom. The molecule has 0 aliphatic carbocycles.